The lowest BCUT2D eigenvalue weighted by molar-refractivity contribution is 0.0866. The summed E-state index contributed by atoms with van der Waals surface area (Å²) in [5, 5.41) is 2.90. The molecular weight excluding hydrogens is 206 g/mol. The molecule has 86 valence electrons. The Kier molecular flexibility index (Phi) is 3.05. The lowest BCUT2D eigenvalue weighted by Crippen LogP contribution is -2.39. The van der Waals surface area contributed by atoms with Gasteiger partial charge in [0.1, 0.15) is 5.82 Å². The van der Waals surface area contributed by atoms with Crippen molar-refractivity contribution in [3.8, 4) is 0 Å². The summed E-state index contributed by atoms with van der Waals surface area (Å²) in [7, 11) is 0. The van der Waals surface area contributed by atoms with Gasteiger partial charge in [-0.25, -0.2) is 4.98 Å². The number of carbonyl (C=O) groups is 1. The van der Waals surface area contributed by atoms with Crippen molar-refractivity contribution in [3.63, 3.8) is 0 Å². The summed E-state index contributed by atoms with van der Waals surface area (Å²) in [5.41, 5.74) is 6.05. The van der Waals surface area contributed by atoms with E-state index in [4.69, 9.17) is 10.5 Å². The standard InChI is InChI=1S/C11H15N3O2/c1-7-9(4-6-16-7)14-11(15)8-3-2-5-13-10(8)12/h2-3,5,7,9H,4,6H2,1H3,(H2,12,13)(H,14,15). The summed E-state index contributed by atoms with van der Waals surface area (Å²) >= 11 is 0. The number of carbonyl (C=O) groups excluding carboxylic acids is 1. The van der Waals surface area contributed by atoms with Crippen LogP contribution in [-0.4, -0.2) is 29.6 Å². The molecule has 0 radical (unpaired) electrons. The van der Waals surface area contributed by atoms with Crippen molar-refractivity contribution in [1.29, 1.82) is 0 Å². The molecule has 2 rings (SSSR count). The molecule has 0 bridgehead atoms. The maximum atomic E-state index is 11.9. The summed E-state index contributed by atoms with van der Waals surface area (Å²) in [6.07, 6.45) is 2.46. The van der Waals surface area contributed by atoms with E-state index >= 15 is 0 Å². The molecule has 5 nitrogen and oxygen atoms in total. The zero-order valence-corrected chi connectivity index (χ0v) is 9.14. The van der Waals surface area contributed by atoms with Crippen LogP contribution in [0.1, 0.15) is 23.7 Å². The summed E-state index contributed by atoms with van der Waals surface area (Å²) in [6, 6.07) is 3.42. The topological polar surface area (TPSA) is 77.2 Å². The Morgan fingerprint density at radius 2 is 2.50 bits per heavy atom. The molecule has 0 saturated carbocycles. The van der Waals surface area contributed by atoms with E-state index in [0.717, 1.165) is 6.42 Å². The third kappa shape index (κ3) is 2.14. The van der Waals surface area contributed by atoms with Gasteiger partial charge in [0.25, 0.3) is 5.91 Å². The molecule has 1 aromatic rings. The van der Waals surface area contributed by atoms with Crippen molar-refractivity contribution in [1.82, 2.24) is 10.3 Å². The fraction of sp³-hybridized carbons (Fsp3) is 0.455. The number of nitrogens with zero attached hydrogens (tertiary/aromatic N) is 1. The Morgan fingerprint density at radius 1 is 1.69 bits per heavy atom. The molecule has 0 aliphatic carbocycles. The summed E-state index contributed by atoms with van der Waals surface area (Å²) in [6.45, 7) is 2.64. The normalized spacial score (nSPS) is 24.3. The summed E-state index contributed by atoms with van der Waals surface area (Å²) in [4.78, 5) is 15.8. The van der Waals surface area contributed by atoms with Crippen LogP contribution in [-0.2, 0) is 4.74 Å². The molecular formula is C11H15N3O2. The van der Waals surface area contributed by atoms with E-state index in [1.54, 1.807) is 18.3 Å². The van der Waals surface area contributed by atoms with E-state index < -0.39 is 0 Å². The SMILES string of the molecule is CC1OCCC1NC(=O)c1cccnc1N. The van der Waals surface area contributed by atoms with Crippen LogP contribution in [0.25, 0.3) is 0 Å². The minimum Gasteiger partial charge on any atom is -0.383 e. The number of hydrogen-bond acceptors (Lipinski definition) is 4. The van der Waals surface area contributed by atoms with Crippen molar-refractivity contribution in [2.24, 2.45) is 0 Å². The highest BCUT2D eigenvalue weighted by Crippen LogP contribution is 2.14. The molecule has 2 unspecified atom stereocenters. The molecule has 2 atom stereocenters. The van der Waals surface area contributed by atoms with Crippen molar-refractivity contribution in [3.05, 3.63) is 23.9 Å². The largest absolute Gasteiger partial charge is 0.383 e. The van der Waals surface area contributed by atoms with Crippen LogP contribution < -0.4 is 11.1 Å². The molecule has 3 N–H and O–H groups in total. The first kappa shape index (κ1) is 10.9. The minimum absolute atomic E-state index is 0.0573. The van der Waals surface area contributed by atoms with Crippen molar-refractivity contribution in [2.75, 3.05) is 12.3 Å². The molecule has 0 spiro atoms. The number of pyridine rings is 1. The molecule has 2 heterocycles. The maximum Gasteiger partial charge on any atom is 0.255 e. The Balaban J connectivity index is 2.06. The molecule has 1 aromatic heterocycles. The first-order chi connectivity index (χ1) is 7.68. The van der Waals surface area contributed by atoms with Crippen LogP contribution in [0.5, 0.6) is 0 Å². The van der Waals surface area contributed by atoms with Gasteiger partial charge >= 0.3 is 0 Å². The molecule has 1 aliphatic heterocycles. The lowest BCUT2D eigenvalue weighted by atomic mass is 10.1. The van der Waals surface area contributed by atoms with Gasteiger partial charge in [-0.1, -0.05) is 0 Å². The van der Waals surface area contributed by atoms with Gasteiger partial charge in [-0.2, -0.15) is 0 Å². The Bertz CT molecular complexity index is 395. The van der Waals surface area contributed by atoms with Gasteiger partial charge in [0, 0.05) is 12.8 Å². The predicted octanol–water partition coefficient (Wildman–Crippen LogP) is 0.571. The average Bonchev–Trinajstić information content (AvgIpc) is 2.65. The highest BCUT2D eigenvalue weighted by Gasteiger charge is 2.26. The van der Waals surface area contributed by atoms with Crippen molar-refractivity contribution < 1.29 is 9.53 Å². The summed E-state index contributed by atoms with van der Waals surface area (Å²) < 4.78 is 5.37. The van der Waals surface area contributed by atoms with Gasteiger partial charge in [-0.05, 0) is 25.5 Å². The fourth-order valence-corrected chi connectivity index (χ4v) is 1.78. The van der Waals surface area contributed by atoms with E-state index in [-0.39, 0.29) is 23.9 Å². The van der Waals surface area contributed by atoms with Gasteiger partial charge in [0.05, 0.1) is 17.7 Å². The smallest absolute Gasteiger partial charge is 0.255 e. The third-order valence-corrected chi connectivity index (χ3v) is 2.78. The summed E-state index contributed by atoms with van der Waals surface area (Å²) in [5.74, 6) is 0.0690. The second-order valence-corrected chi connectivity index (χ2v) is 3.88. The van der Waals surface area contributed by atoms with Crippen LogP contribution in [0.15, 0.2) is 18.3 Å². The number of nitrogens with one attached hydrogen (secondary N) is 1. The van der Waals surface area contributed by atoms with Crippen LogP contribution in [0, 0.1) is 0 Å². The van der Waals surface area contributed by atoms with Crippen LogP contribution in [0.3, 0.4) is 0 Å². The number of hydrogen-bond donors (Lipinski definition) is 2. The van der Waals surface area contributed by atoms with Gasteiger partial charge < -0.3 is 15.8 Å². The van der Waals surface area contributed by atoms with Gasteiger partial charge in [0.15, 0.2) is 0 Å². The fourth-order valence-electron chi connectivity index (χ4n) is 1.78. The van der Waals surface area contributed by atoms with Gasteiger partial charge in [-0.3, -0.25) is 4.79 Å². The predicted molar refractivity (Wildman–Crippen MR) is 59.9 cm³/mol. The number of aromatic nitrogens is 1. The van der Waals surface area contributed by atoms with Crippen molar-refractivity contribution in [2.45, 2.75) is 25.5 Å². The highest BCUT2D eigenvalue weighted by atomic mass is 16.5. The molecule has 5 heteroatoms. The lowest BCUT2D eigenvalue weighted by Gasteiger charge is -2.16. The first-order valence-electron chi connectivity index (χ1n) is 5.31. The van der Waals surface area contributed by atoms with Gasteiger partial charge in [0.2, 0.25) is 0 Å². The number of rotatable bonds is 2. The molecule has 0 aromatic carbocycles. The number of nitrogens with two attached hydrogens (primary N) is 1. The monoisotopic (exact) mass is 221 g/mol. The molecule has 1 fully saturated rings. The second kappa shape index (κ2) is 4.49. The van der Waals surface area contributed by atoms with E-state index in [1.807, 2.05) is 6.92 Å². The number of anilines is 1. The van der Waals surface area contributed by atoms with E-state index in [0.29, 0.717) is 12.2 Å². The highest BCUT2D eigenvalue weighted by molar-refractivity contribution is 5.98. The maximum absolute atomic E-state index is 11.9. The van der Waals surface area contributed by atoms with Crippen LogP contribution in [0.2, 0.25) is 0 Å². The Hall–Kier alpha value is -1.62. The Labute approximate surface area is 94.0 Å². The zero-order valence-electron chi connectivity index (χ0n) is 9.14. The number of amides is 1. The number of nitrogen functional groups attached to an aromatic ring is 1. The molecule has 1 aliphatic rings. The van der Waals surface area contributed by atoms with Crippen LogP contribution in [0.4, 0.5) is 5.82 Å². The quantitative estimate of drug-likeness (QED) is 0.765. The van der Waals surface area contributed by atoms with Crippen molar-refractivity contribution >= 4 is 11.7 Å². The molecule has 1 amide bonds. The van der Waals surface area contributed by atoms with E-state index in [9.17, 15) is 4.79 Å². The number of ether oxygens (including phenoxy) is 1. The second-order valence-electron chi connectivity index (χ2n) is 3.88. The Morgan fingerprint density at radius 3 is 3.12 bits per heavy atom. The molecule has 16 heavy (non-hydrogen) atoms. The first-order valence-corrected chi connectivity index (χ1v) is 5.31. The zero-order chi connectivity index (χ0) is 11.5. The third-order valence-electron chi connectivity index (χ3n) is 2.78. The van der Waals surface area contributed by atoms with E-state index in [2.05, 4.69) is 10.3 Å². The van der Waals surface area contributed by atoms with E-state index in [1.165, 1.54) is 0 Å². The minimum atomic E-state index is -0.187. The van der Waals surface area contributed by atoms with Crippen LogP contribution >= 0.6 is 0 Å². The molecule has 1 saturated heterocycles. The van der Waals surface area contributed by atoms with Gasteiger partial charge in [-0.15, -0.1) is 0 Å². The average molecular weight is 221 g/mol.